The Kier molecular flexibility index (Phi) is 6.34. The molecule has 4 N–H and O–H groups in total. The number of H-pyrrole nitrogens is 1. The number of aromatic amines is 1. The van der Waals surface area contributed by atoms with E-state index in [0.29, 0.717) is 18.0 Å². The molecule has 8 nitrogen and oxygen atoms in total. The van der Waals surface area contributed by atoms with Crippen LogP contribution in [0.25, 0.3) is 0 Å². The van der Waals surface area contributed by atoms with Crippen LogP contribution < -0.4 is 15.4 Å². The van der Waals surface area contributed by atoms with Crippen LogP contribution in [-0.4, -0.2) is 47.3 Å². The van der Waals surface area contributed by atoms with Gasteiger partial charge >= 0.3 is 0 Å². The number of aryl methyl sites for hydroxylation is 1. The second-order valence-electron chi connectivity index (χ2n) is 8.66. The van der Waals surface area contributed by atoms with Crippen molar-refractivity contribution >= 4 is 11.4 Å². The van der Waals surface area contributed by atoms with E-state index in [4.69, 9.17) is 19.9 Å². The van der Waals surface area contributed by atoms with E-state index in [1.54, 1.807) is 25.4 Å². The standard InChI is InChI=1S/C25H32N4O4/c1-15-7-6-8-19(16(15)2)29(14-21-27-11-12-28-21)22-18-13-17(26)9-10-20(18)33-25(3,23(22)30)24(31-4)32-5/h6-13,22-24,30H,14,26H2,1-5H3,(H,27,28)/t22-,23+,25-/m0/s1. The van der Waals surface area contributed by atoms with Crippen LogP contribution >= 0.6 is 0 Å². The molecule has 0 saturated heterocycles. The molecule has 0 saturated carbocycles. The molecule has 0 radical (unpaired) electrons. The lowest BCUT2D eigenvalue weighted by atomic mass is 9.83. The average molecular weight is 453 g/mol. The summed E-state index contributed by atoms with van der Waals surface area (Å²) in [5.41, 5.74) is 9.63. The second-order valence-corrected chi connectivity index (χ2v) is 8.66. The van der Waals surface area contributed by atoms with E-state index in [1.807, 2.05) is 18.2 Å². The number of benzene rings is 2. The summed E-state index contributed by atoms with van der Waals surface area (Å²) in [6, 6.07) is 11.1. The van der Waals surface area contributed by atoms with Crippen molar-refractivity contribution in [3.05, 3.63) is 71.3 Å². The minimum absolute atomic E-state index is 0.438. The monoisotopic (exact) mass is 452 g/mol. The minimum atomic E-state index is -1.18. The van der Waals surface area contributed by atoms with Gasteiger partial charge in [0.15, 0.2) is 11.9 Å². The Morgan fingerprint density at radius 1 is 1.24 bits per heavy atom. The number of ether oxygens (including phenoxy) is 3. The van der Waals surface area contributed by atoms with Gasteiger partial charge in [0.2, 0.25) is 0 Å². The minimum Gasteiger partial charge on any atom is -0.479 e. The number of nitrogen functional groups attached to an aromatic ring is 1. The maximum atomic E-state index is 11.9. The lowest BCUT2D eigenvalue weighted by Crippen LogP contribution is -2.62. The number of hydrogen-bond donors (Lipinski definition) is 3. The van der Waals surface area contributed by atoms with Crippen molar-refractivity contribution in [2.24, 2.45) is 0 Å². The van der Waals surface area contributed by atoms with Crippen molar-refractivity contribution in [2.75, 3.05) is 24.9 Å². The predicted molar refractivity (Wildman–Crippen MR) is 127 cm³/mol. The Bertz CT molecular complexity index is 1100. The molecule has 8 heteroatoms. The molecule has 0 fully saturated rings. The number of imidazole rings is 1. The highest BCUT2D eigenvalue weighted by Gasteiger charge is 2.54. The number of aliphatic hydroxyl groups excluding tert-OH is 1. The third-order valence-corrected chi connectivity index (χ3v) is 6.56. The first kappa shape index (κ1) is 23.1. The van der Waals surface area contributed by atoms with Crippen LogP contribution in [0.3, 0.4) is 0 Å². The molecule has 2 aromatic carbocycles. The fourth-order valence-corrected chi connectivity index (χ4v) is 4.69. The highest BCUT2D eigenvalue weighted by molar-refractivity contribution is 5.61. The van der Waals surface area contributed by atoms with Crippen LogP contribution in [0.15, 0.2) is 48.8 Å². The topological polar surface area (TPSA) is 106 Å². The summed E-state index contributed by atoms with van der Waals surface area (Å²) in [6.07, 6.45) is 1.69. The lowest BCUT2D eigenvalue weighted by Gasteiger charge is -2.50. The van der Waals surface area contributed by atoms with Crippen molar-refractivity contribution < 1.29 is 19.3 Å². The van der Waals surface area contributed by atoms with Crippen LogP contribution in [0.4, 0.5) is 11.4 Å². The molecule has 0 aliphatic carbocycles. The molecule has 3 atom stereocenters. The zero-order chi connectivity index (χ0) is 23.8. The highest BCUT2D eigenvalue weighted by Crippen LogP contribution is 2.47. The third-order valence-electron chi connectivity index (χ3n) is 6.56. The SMILES string of the molecule is COC(OC)[C@@]1(C)Oc2ccc(N)cc2[C@H](N(Cc2ncc[nH]2)c2cccc(C)c2C)[C@H]1O. The van der Waals surface area contributed by atoms with E-state index in [2.05, 4.69) is 40.8 Å². The maximum Gasteiger partial charge on any atom is 0.199 e. The molecule has 0 amide bonds. The van der Waals surface area contributed by atoms with E-state index in [9.17, 15) is 5.11 Å². The van der Waals surface area contributed by atoms with Gasteiger partial charge in [-0.15, -0.1) is 0 Å². The van der Waals surface area contributed by atoms with Gasteiger partial charge in [-0.25, -0.2) is 4.98 Å². The molecule has 1 aliphatic heterocycles. The smallest absolute Gasteiger partial charge is 0.199 e. The van der Waals surface area contributed by atoms with Gasteiger partial charge in [0.05, 0.1) is 12.6 Å². The lowest BCUT2D eigenvalue weighted by molar-refractivity contribution is -0.237. The molecule has 1 aromatic heterocycles. The summed E-state index contributed by atoms with van der Waals surface area (Å²) in [6.45, 7) is 6.40. The van der Waals surface area contributed by atoms with Crippen molar-refractivity contribution in [2.45, 2.75) is 51.4 Å². The zero-order valence-corrected chi connectivity index (χ0v) is 19.7. The number of methoxy groups -OCH3 is 2. The van der Waals surface area contributed by atoms with Crippen molar-refractivity contribution in [1.82, 2.24) is 9.97 Å². The molecule has 1 aliphatic rings. The van der Waals surface area contributed by atoms with Crippen molar-refractivity contribution in [1.29, 1.82) is 0 Å². The molecular formula is C25H32N4O4. The Labute approximate surface area is 194 Å². The Morgan fingerprint density at radius 2 is 2.00 bits per heavy atom. The van der Waals surface area contributed by atoms with Crippen LogP contribution in [0.1, 0.15) is 35.5 Å². The third kappa shape index (κ3) is 4.06. The van der Waals surface area contributed by atoms with Crippen molar-refractivity contribution in [3.8, 4) is 5.75 Å². The first-order valence-corrected chi connectivity index (χ1v) is 10.9. The normalized spacial score (nSPS) is 22.2. The highest BCUT2D eigenvalue weighted by atomic mass is 16.7. The van der Waals surface area contributed by atoms with Gasteiger partial charge in [0, 0.05) is 43.6 Å². The van der Waals surface area contributed by atoms with Crippen LogP contribution in [0.2, 0.25) is 0 Å². The number of anilines is 2. The Morgan fingerprint density at radius 3 is 2.67 bits per heavy atom. The molecule has 176 valence electrons. The van der Waals surface area contributed by atoms with Gasteiger partial charge in [-0.3, -0.25) is 0 Å². The van der Waals surface area contributed by atoms with Crippen molar-refractivity contribution in [3.63, 3.8) is 0 Å². The number of nitrogens with two attached hydrogens (primary N) is 1. The van der Waals surface area contributed by atoms with E-state index >= 15 is 0 Å². The summed E-state index contributed by atoms with van der Waals surface area (Å²) in [5.74, 6) is 1.40. The number of nitrogens with one attached hydrogen (secondary N) is 1. The number of aromatic nitrogens is 2. The molecule has 3 aromatic rings. The summed E-state index contributed by atoms with van der Waals surface area (Å²) in [5, 5.41) is 11.9. The maximum absolute atomic E-state index is 11.9. The second kappa shape index (κ2) is 9.05. The molecule has 0 bridgehead atoms. The van der Waals surface area contributed by atoms with Gasteiger partial charge < -0.3 is 34.9 Å². The Hall–Kier alpha value is -3.07. The molecule has 4 rings (SSSR count). The van der Waals surface area contributed by atoms with Gasteiger partial charge in [0.1, 0.15) is 17.7 Å². The average Bonchev–Trinajstić information content (AvgIpc) is 3.30. The van der Waals surface area contributed by atoms with Crippen LogP contribution in [0.5, 0.6) is 5.75 Å². The van der Waals surface area contributed by atoms with Gasteiger partial charge in [-0.05, 0) is 56.2 Å². The van der Waals surface area contributed by atoms with Crippen LogP contribution in [-0.2, 0) is 16.0 Å². The van der Waals surface area contributed by atoms with Crippen LogP contribution in [0, 0.1) is 13.8 Å². The molecule has 33 heavy (non-hydrogen) atoms. The fraction of sp³-hybridized carbons (Fsp3) is 0.400. The Balaban J connectivity index is 1.93. The number of rotatable bonds is 7. The number of aliphatic hydroxyl groups is 1. The first-order valence-electron chi connectivity index (χ1n) is 10.9. The largest absolute Gasteiger partial charge is 0.479 e. The quantitative estimate of drug-likeness (QED) is 0.372. The number of fused-ring (bicyclic) bond motifs is 1. The molecule has 0 spiro atoms. The summed E-state index contributed by atoms with van der Waals surface area (Å²) in [4.78, 5) is 9.78. The van der Waals surface area contributed by atoms with E-state index in [-0.39, 0.29) is 0 Å². The van der Waals surface area contributed by atoms with Gasteiger partial charge in [-0.1, -0.05) is 12.1 Å². The summed E-state index contributed by atoms with van der Waals surface area (Å²) in [7, 11) is 3.07. The number of hydrogen-bond acceptors (Lipinski definition) is 7. The molecule has 2 heterocycles. The first-order chi connectivity index (χ1) is 15.8. The number of nitrogens with zero attached hydrogens (tertiary/aromatic N) is 2. The van der Waals surface area contributed by atoms with Gasteiger partial charge in [0.25, 0.3) is 0 Å². The zero-order valence-electron chi connectivity index (χ0n) is 19.7. The summed E-state index contributed by atoms with van der Waals surface area (Å²) < 4.78 is 17.5. The molecule has 0 unspecified atom stereocenters. The van der Waals surface area contributed by atoms with Gasteiger partial charge in [-0.2, -0.15) is 0 Å². The summed E-state index contributed by atoms with van der Waals surface area (Å²) >= 11 is 0. The van der Waals surface area contributed by atoms with E-state index < -0.39 is 24.0 Å². The van der Waals surface area contributed by atoms with E-state index in [0.717, 1.165) is 28.2 Å². The molecular weight excluding hydrogens is 420 g/mol. The van der Waals surface area contributed by atoms with E-state index in [1.165, 1.54) is 14.2 Å². The fourth-order valence-electron chi connectivity index (χ4n) is 4.69. The predicted octanol–water partition coefficient (Wildman–Crippen LogP) is 3.49.